The van der Waals surface area contributed by atoms with Crippen LogP contribution >= 0.6 is 35.2 Å². The highest BCUT2D eigenvalue weighted by Gasteiger charge is 2.36. The third kappa shape index (κ3) is 4.84. The SMILES string of the molecule is CNC(=O)COC1CC(OC)=C(COI)O[C@H]1c1cn(C)c(=S)[nH]c1=O. The number of amides is 1. The number of nitrogens with one attached hydrogen (secondary N) is 2. The summed E-state index contributed by atoms with van der Waals surface area (Å²) in [5.41, 5.74) is -0.0358. The van der Waals surface area contributed by atoms with E-state index < -0.39 is 12.2 Å². The van der Waals surface area contributed by atoms with Crippen LogP contribution in [-0.2, 0) is 29.1 Å². The zero-order valence-corrected chi connectivity index (χ0v) is 17.5. The molecular weight excluding hydrogens is 477 g/mol. The summed E-state index contributed by atoms with van der Waals surface area (Å²) in [5.74, 6) is 0.727. The monoisotopic (exact) mass is 497 g/mol. The van der Waals surface area contributed by atoms with Crippen LogP contribution in [-0.4, -0.2) is 48.9 Å². The molecule has 144 valence electrons. The van der Waals surface area contributed by atoms with Gasteiger partial charge in [-0.05, 0) is 12.2 Å². The number of aryl methyl sites for hydroxylation is 1. The van der Waals surface area contributed by atoms with Crippen LogP contribution in [0.5, 0.6) is 0 Å². The highest BCUT2D eigenvalue weighted by molar-refractivity contribution is 14.1. The van der Waals surface area contributed by atoms with E-state index in [0.29, 0.717) is 28.3 Å². The van der Waals surface area contributed by atoms with Gasteiger partial charge in [-0.1, -0.05) is 0 Å². The Bertz CT molecular complexity index is 805. The molecule has 9 nitrogen and oxygen atoms in total. The van der Waals surface area contributed by atoms with Crippen LogP contribution in [0, 0.1) is 4.77 Å². The van der Waals surface area contributed by atoms with Gasteiger partial charge in [-0.25, -0.2) is 0 Å². The summed E-state index contributed by atoms with van der Waals surface area (Å²) in [6.07, 6.45) is 0.581. The summed E-state index contributed by atoms with van der Waals surface area (Å²) in [4.78, 5) is 26.6. The molecule has 1 aliphatic heterocycles. The maximum absolute atomic E-state index is 12.4. The maximum Gasteiger partial charge on any atom is 0.258 e. The van der Waals surface area contributed by atoms with Gasteiger partial charge in [-0.15, -0.1) is 0 Å². The van der Waals surface area contributed by atoms with E-state index in [-0.39, 0.29) is 24.7 Å². The van der Waals surface area contributed by atoms with E-state index >= 15 is 0 Å². The molecule has 0 aliphatic carbocycles. The van der Waals surface area contributed by atoms with Crippen molar-refractivity contribution in [3.8, 4) is 0 Å². The van der Waals surface area contributed by atoms with Gasteiger partial charge in [-0.2, -0.15) is 0 Å². The number of ether oxygens (including phenoxy) is 3. The molecule has 1 aromatic heterocycles. The van der Waals surface area contributed by atoms with Gasteiger partial charge in [0.15, 0.2) is 16.6 Å². The fraction of sp³-hybridized carbons (Fsp3) is 0.533. The minimum atomic E-state index is -0.745. The molecule has 1 unspecified atom stereocenters. The Morgan fingerprint density at radius 1 is 1.58 bits per heavy atom. The molecule has 2 atom stereocenters. The van der Waals surface area contributed by atoms with Gasteiger partial charge in [0, 0.05) is 26.7 Å². The lowest BCUT2D eigenvalue weighted by Crippen LogP contribution is -2.37. The standard InChI is InChI=1S/C15H20IN3O6S/c1-17-12(20)7-23-10-4-9(22-3)11(6-24-16)25-13(10)8-5-19(2)15(26)18-14(8)21/h5,10,13H,4,6-7H2,1-3H3,(H,17,20)(H,18,21,26)/t10?,13-/m0/s1. The van der Waals surface area contributed by atoms with Crippen molar-refractivity contribution in [1.82, 2.24) is 14.9 Å². The van der Waals surface area contributed by atoms with Crippen molar-refractivity contribution < 1.29 is 22.1 Å². The average Bonchev–Trinajstić information content (AvgIpc) is 2.63. The van der Waals surface area contributed by atoms with Crippen LogP contribution in [0.4, 0.5) is 0 Å². The Balaban J connectivity index is 2.42. The van der Waals surface area contributed by atoms with Gasteiger partial charge in [0.1, 0.15) is 48.1 Å². The topological polar surface area (TPSA) is 104 Å². The largest absolute Gasteiger partial charge is 0.497 e. The third-order valence-electron chi connectivity index (χ3n) is 3.89. The maximum atomic E-state index is 12.4. The second-order valence-corrected chi connectivity index (χ2v) is 6.53. The Kier molecular flexibility index (Phi) is 7.61. The fourth-order valence-electron chi connectivity index (χ4n) is 2.51. The molecule has 2 heterocycles. The zero-order chi connectivity index (χ0) is 19.3. The van der Waals surface area contributed by atoms with Gasteiger partial charge in [0.25, 0.3) is 5.56 Å². The molecule has 0 bridgehead atoms. The minimum absolute atomic E-state index is 0.167. The van der Waals surface area contributed by atoms with Crippen molar-refractivity contribution in [2.75, 3.05) is 27.4 Å². The molecule has 0 aromatic carbocycles. The van der Waals surface area contributed by atoms with Crippen LogP contribution in [0.1, 0.15) is 18.1 Å². The van der Waals surface area contributed by atoms with Gasteiger partial charge in [0.05, 0.1) is 12.7 Å². The molecule has 0 saturated carbocycles. The molecule has 1 aliphatic rings. The van der Waals surface area contributed by atoms with Crippen molar-refractivity contribution >= 4 is 41.1 Å². The van der Waals surface area contributed by atoms with Gasteiger partial charge < -0.3 is 27.2 Å². The first-order valence-corrected chi connectivity index (χ1v) is 8.98. The molecule has 0 fully saturated rings. The average molecular weight is 497 g/mol. The number of hydrogen-bond donors (Lipinski definition) is 2. The van der Waals surface area contributed by atoms with Gasteiger partial charge >= 0.3 is 0 Å². The van der Waals surface area contributed by atoms with Crippen molar-refractivity contribution in [2.45, 2.75) is 18.6 Å². The number of rotatable bonds is 7. The second-order valence-electron chi connectivity index (χ2n) is 5.52. The normalized spacial score (nSPS) is 19.8. The second kappa shape index (κ2) is 9.48. The molecule has 0 radical (unpaired) electrons. The number of hydrogen-bond acceptors (Lipinski definition) is 7. The number of nitrogens with zero attached hydrogens (tertiary/aromatic N) is 1. The Morgan fingerprint density at radius 3 is 2.92 bits per heavy atom. The highest BCUT2D eigenvalue weighted by atomic mass is 127. The van der Waals surface area contributed by atoms with Crippen molar-refractivity contribution in [1.29, 1.82) is 0 Å². The lowest BCUT2D eigenvalue weighted by Gasteiger charge is -2.34. The molecule has 11 heteroatoms. The minimum Gasteiger partial charge on any atom is -0.497 e. The molecule has 1 amide bonds. The highest BCUT2D eigenvalue weighted by Crippen LogP contribution is 2.35. The van der Waals surface area contributed by atoms with E-state index in [2.05, 4.69) is 10.3 Å². The lowest BCUT2D eigenvalue weighted by molar-refractivity contribution is -0.133. The summed E-state index contributed by atoms with van der Waals surface area (Å²) in [6.45, 7) is 0.00480. The van der Waals surface area contributed by atoms with Crippen LogP contribution in [0.2, 0.25) is 0 Å². The summed E-state index contributed by atoms with van der Waals surface area (Å²) >= 11 is 6.82. The number of likely N-dealkylation sites (N-methyl/N-ethyl adjacent to an activating group) is 1. The van der Waals surface area contributed by atoms with Crippen LogP contribution in [0.15, 0.2) is 22.5 Å². The van der Waals surface area contributed by atoms with E-state index in [1.807, 2.05) is 0 Å². The first-order chi connectivity index (χ1) is 12.4. The molecular formula is C15H20IN3O6S. The fourth-order valence-corrected chi connectivity index (χ4v) is 2.94. The molecule has 0 spiro atoms. The zero-order valence-electron chi connectivity index (χ0n) is 14.5. The third-order valence-corrected chi connectivity index (χ3v) is 4.59. The van der Waals surface area contributed by atoms with Crippen molar-refractivity contribution in [2.24, 2.45) is 7.05 Å². The van der Waals surface area contributed by atoms with E-state index in [1.54, 1.807) is 40.8 Å². The number of carbonyl (C=O) groups excluding carboxylic acids is 1. The summed E-state index contributed by atoms with van der Waals surface area (Å²) in [7, 11) is 4.75. The number of carbonyl (C=O) groups is 1. The number of aromatic amines is 1. The van der Waals surface area contributed by atoms with E-state index in [1.165, 1.54) is 14.2 Å². The summed E-state index contributed by atoms with van der Waals surface area (Å²) in [6, 6.07) is 0. The van der Waals surface area contributed by atoms with Gasteiger partial charge in [0.2, 0.25) is 5.91 Å². The van der Waals surface area contributed by atoms with Gasteiger partial charge in [-0.3, -0.25) is 14.6 Å². The van der Waals surface area contributed by atoms with E-state index in [9.17, 15) is 9.59 Å². The van der Waals surface area contributed by atoms with Crippen LogP contribution in [0.3, 0.4) is 0 Å². The van der Waals surface area contributed by atoms with Crippen LogP contribution in [0.25, 0.3) is 0 Å². The molecule has 1 aromatic rings. The summed E-state index contributed by atoms with van der Waals surface area (Å²) < 4.78 is 24.1. The number of methoxy groups -OCH3 is 1. The Hall–Kier alpha value is -1.44. The first-order valence-electron chi connectivity index (χ1n) is 7.69. The first kappa shape index (κ1) is 20.9. The number of H-pyrrole nitrogens is 1. The van der Waals surface area contributed by atoms with Crippen LogP contribution < -0.4 is 10.9 Å². The van der Waals surface area contributed by atoms with Crippen molar-refractivity contribution in [3.63, 3.8) is 0 Å². The molecule has 2 rings (SSSR count). The Morgan fingerprint density at radius 2 is 2.31 bits per heavy atom. The van der Waals surface area contributed by atoms with Crippen molar-refractivity contribution in [3.05, 3.63) is 38.4 Å². The number of aromatic nitrogens is 2. The molecule has 0 saturated heterocycles. The molecule has 2 N–H and O–H groups in total. The summed E-state index contributed by atoms with van der Waals surface area (Å²) in [5, 5.41) is 2.49. The number of halogens is 1. The predicted molar refractivity (Wildman–Crippen MR) is 103 cm³/mol. The lowest BCUT2D eigenvalue weighted by atomic mass is 10.00. The Labute approximate surface area is 169 Å². The smallest absolute Gasteiger partial charge is 0.258 e. The quantitative estimate of drug-likeness (QED) is 0.432. The van der Waals surface area contributed by atoms with E-state index in [0.717, 1.165) is 0 Å². The predicted octanol–water partition coefficient (Wildman–Crippen LogP) is 1.26. The molecule has 26 heavy (non-hydrogen) atoms. The van der Waals surface area contributed by atoms with E-state index in [4.69, 9.17) is 29.5 Å².